The zero-order valence-corrected chi connectivity index (χ0v) is 20.6. The van der Waals surface area contributed by atoms with Gasteiger partial charge in [-0.05, 0) is 40.3 Å². The van der Waals surface area contributed by atoms with Crippen LogP contribution in [0.4, 0.5) is 5.69 Å². The van der Waals surface area contributed by atoms with Gasteiger partial charge in [0.15, 0.2) is 11.6 Å². The maximum Gasteiger partial charge on any atom is 0.238 e. The minimum absolute atomic E-state index is 0.0458. The van der Waals surface area contributed by atoms with Crippen molar-refractivity contribution in [1.82, 2.24) is 4.90 Å². The number of rotatable bonds is 3. The number of thiophene rings is 1. The molecule has 4 heterocycles. The van der Waals surface area contributed by atoms with Crippen molar-refractivity contribution in [3.8, 4) is 0 Å². The van der Waals surface area contributed by atoms with Gasteiger partial charge in [0.1, 0.15) is 5.41 Å². The molecule has 1 aromatic heterocycles. The van der Waals surface area contributed by atoms with Crippen LogP contribution in [0, 0.1) is 11.3 Å². The molecule has 2 aromatic carbocycles. The molecule has 4 atom stereocenters. The van der Waals surface area contributed by atoms with Crippen molar-refractivity contribution in [2.75, 3.05) is 5.32 Å². The van der Waals surface area contributed by atoms with Gasteiger partial charge < -0.3 is 10.2 Å². The summed E-state index contributed by atoms with van der Waals surface area (Å²) in [6.45, 7) is 5.64. The normalized spacial score (nSPS) is 26.3. The van der Waals surface area contributed by atoms with Gasteiger partial charge in [0.2, 0.25) is 5.91 Å². The van der Waals surface area contributed by atoms with Gasteiger partial charge in [-0.15, -0.1) is 11.3 Å². The third-order valence-corrected chi connectivity index (χ3v) is 8.51. The van der Waals surface area contributed by atoms with Crippen LogP contribution >= 0.6 is 11.3 Å². The van der Waals surface area contributed by atoms with Gasteiger partial charge in [-0.2, -0.15) is 0 Å². The van der Waals surface area contributed by atoms with E-state index >= 15 is 0 Å². The maximum absolute atomic E-state index is 14.3. The summed E-state index contributed by atoms with van der Waals surface area (Å²) in [6.07, 6.45) is 3.90. The van der Waals surface area contributed by atoms with Crippen LogP contribution in [0.15, 0.2) is 72.2 Å². The van der Waals surface area contributed by atoms with Gasteiger partial charge in [0.05, 0.1) is 22.9 Å². The molecule has 0 radical (unpaired) electrons. The molecular weight excluding hydrogens is 456 g/mol. The van der Waals surface area contributed by atoms with Crippen molar-refractivity contribution in [2.24, 2.45) is 11.3 Å². The lowest BCUT2D eigenvalue weighted by atomic mass is 9.62. The van der Waals surface area contributed by atoms with E-state index in [1.165, 1.54) is 11.3 Å². The summed E-state index contributed by atoms with van der Waals surface area (Å²) in [7, 11) is 0. The molecule has 0 saturated carbocycles. The van der Waals surface area contributed by atoms with Gasteiger partial charge in [-0.1, -0.05) is 69.3 Å². The Kier molecular flexibility index (Phi) is 4.71. The number of amides is 1. The van der Waals surface area contributed by atoms with E-state index in [4.69, 9.17) is 0 Å². The molecule has 3 aliphatic rings. The molecule has 1 saturated heterocycles. The first-order chi connectivity index (χ1) is 16.8. The van der Waals surface area contributed by atoms with E-state index in [-0.39, 0.29) is 17.5 Å². The number of hydrogen-bond acceptors (Lipinski definition) is 5. The first-order valence-corrected chi connectivity index (χ1v) is 12.7. The summed E-state index contributed by atoms with van der Waals surface area (Å²) in [5.74, 6) is -1.31. The van der Waals surface area contributed by atoms with E-state index in [1.54, 1.807) is 6.07 Å². The summed E-state index contributed by atoms with van der Waals surface area (Å²) in [6, 6.07) is 17.9. The van der Waals surface area contributed by atoms with E-state index in [2.05, 4.69) is 5.32 Å². The Morgan fingerprint density at radius 1 is 1.00 bits per heavy atom. The average Bonchev–Trinajstić information content (AvgIpc) is 3.55. The predicted octanol–water partition coefficient (Wildman–Crippen LogP) is 5.46. The molecule has 1 N–H and O–H groups in total. The second-order valence-corrected chi connectivity index (χ2v) is 11.5. The number of para-hydroxylation sites is 1. The predicted molar refractivity (Wildman–Crippen MR) is 137 cm³/mol. The molecule has 1 amide bonds. The van der Waals surface area contributed by atoms with Crippen molar-refractivity contribution >= 4 is 40.6 Å². The Balaban J connectivity index is 1.70. The molecule has 35 heavy (non-hydrogen) atoms. The summed E-state index contributed by atoms with van der Waals surface area (Å²) in [5, 5.41) is 4.93. The first-order valence-electron chi connectivity index (χ1n) is 11.8. The number of anilines is 1. The van der Waals surface area contributed by atoms with E-state index in [9.17, 15) is 14.4 Å². The highest BCUT2D eigenvalue weighted by molar-refractivity contribution is 7.12. The first kappa shape index (κ1) is 22.0. The summed E-state index contributed by atoms with van der Waals surface area (Å²) >= 11 is 1.35. The van der Waals surface area contributed by atoms with E-state index in [1.807, 2.05) is 97.9 Å². The lowest BCUT2D eigenvalue weighted by molar-refractivity contribution is -0.131. The number of ketones is 2. The Labute approximate surface area is 208 Å². The van der Waals surface area contributed by atoms with Gasteiger partial charge in [-0.3, -0.25) is 14.4 Å². The standard InChI is InChI=1S/C29H26N2O3S/c1-28(2,3)26(33)23-22(24(32)21-13-8-16-35-21)29(19-11-6-7-12-20(19)30-27(29)34)25-18-10-5-4-9-17(18)14-15-31(23)25/h4-16,22-23,25H,1-3H3,(H,30,34)/t22-,23+,25-,29+/m1/s1. The largest absolute Gasteiger partial charge is 0.358 e. The van der Waals surface area contributed by atoms with Crippen LogP contribution in [0.5, 0.6) is 0 Å². The van der Waals surface area contributed by atoms with Crippen molar-refractivity contribution in [3.63, 3.8) is 0 Å². The van der Waals surface area contributed by atoms with Crippen molar-refractivity contribution in [2.45, 2.75) is 38.3 Å². The molecule has 5 nitrogen and oxygen atoms in total. The lowest BCUT2D eigenvalue weighted by Crippen LogP contribution is -2.50. The number of fused-ring (bicyclic) bond motifs is 6. The molecule has 1 fully saturated rings. The molecule has 1 spiro atoms. The Morgan fingerprint density at radius 3 is 2.49 bits per heavy atom. The zero-order chi connectivity index (χ0) is 24.5. The summed E-state index contributed by atoms with van der Waals surface area (Å²) in [4.78, 5) is 45.2. The number of carbonyl (C=O) groups excluding carboxylic acids is 3. The molecular formula is C29H26N2O3S. The molecule has 0 aliphatic carbocycles. The number of benzene rings is 2. The second kappa shape index (κ2) is 7.49. The van der Waals surface area contributed by atoms with Crippen LogP contribution in [-0.2, 0) is 15.0 Å². The number of Topliss-reactive ketones (excluding diaryl/α,β-unsaturated/α-hetero) is 2. The average molecular weight is 483 g/mol. The molecule has 3 aromatic rings. The van der Waals surface area contributed by atoms with E-state index in [0.717, 1.165) is 16.7 Å². The molecule has 3 aliphatic heterocycles. The van der Waals surface area contributed by atoms with Crippen LogP contribution in [0.25, 0.3) is 6.08 Å². The Bertz CT molecular complexity index is 1400. The van der Waals surface area contributed by atoms with Crippen LogP contribution in [0.1, 0.15) is 53.2 Å². The minimum atomic E-state index is -1.25. The fraction of sp³-hybridized carbons (Fsp3) is 0.276. The highest BCUT2D eigenvalue weighted by atomic mass is 32.1. The molecule has 0 unspecified atom stereocenters. The summed E-state index contributed by atoms with van der Waals surface area (Å²) in [5.41, 5.74) is 1.49. The molecule has 6 rings (SSSR count). The maximum atomic E-state index is 14.3. The van der Waals surface area contributed by atoms with Gasteiger partial charge >= 0.3 is 0 Å². The number of nitrogens with zero attached hydrogens (tertiary/aromatic N) is 1. The topological polar surface area (TPSA) is 66.5 Å². The highest BCUT2D eigenvalue weighted by Crippen LogP contribution is 2.62. The minimum Gasteiger partial charge on any atom is -0.358 e. The smallest absolute Gasteiger partial charge is 0.238 e. The number of carbonyl (C=O) groups is 3. The van der Waals surface area contributed by atoms with Crippen LogP contribution in [-0.4, -0.2) is 28.4 Å². The van der Waals surface area contributed by atoms with Gasteiger partial charge in [-0.25, -0.2) is 0 Å². The van der Waals surface area contributed by atoms with E-state index in [0.29, 0.717) is 10.6 Å². The second-order valence-electron chi connectivity index (χ2n) is 10.5. The highest BCUT2D eigenvalue weighted by Gasteiger charge is 2.71. The lowest BCUT2D eigenvalue weighted by Gasteiger charge is -2.38. The van der Waals surface area contributed by atoms with Gasteiger partial charge in [0, 0.05) is 17.3 Å². The van der Waals surface area contributed by atoms with Crippen LogP contribution in [0.2, 0.25) is 0 Å². The van der Waals surface area contributed by atoms with Crippen LogP contribution in [0.3, 0.4) is 0 Å². The van der Waals surface area contributed by atoms with Crippen molar-refractivity contribution < 1.29 is 14.4 Å². The fourth-order valence-corrected chi connectivity index (χ4v) is 6.89. The third-order valence-electron chi connectivity index (χ3n) is 7.62. The Morgan fingerprint density at radius 2 is 1.74 bits per heavy atom. The van der Waals surface area contributed by atoms with Crippen molar-refractivity contribution in [1.29, 1.82) is 0 Å². The third kappa shape index (κ3) is 2.89. The van der Waals surface area contributed by atoms with E-state index < -0.39 is 28.8 Å². The SMILES string of the molecule is CC(C)(C)C(=O)[C@@H]1[C@H](C(=O)c2cccs2)[C@]2(C(=O)Nc3ccccc32)[C@H]2c3ccccc3C=CN12. The summed E-state index contributed by atoms with van der Waals surface area (Å²) < 4.78 is 0. The van der Waals surface area contributed by atoms with Crippen molar-refractivity contribution in [3.05, 3.63) is 93.8 Å². The quantitative estimate of drug-likeness (QED) is 0.503. The zero-order valence-electron chi connectivity index (χ0n) is 19.8. The molecule has 176 valence electrons. The molecule has 6 heteroatoms. The Hall–Kier alpha value is -3.51. The fourth-order valence-electron chi connectivity index (χ4n) is 6.18. The van der Waals surface area contributed by atoms with Gasteiger partial charge in [0.25, 0.3) is 0 Å². The van der Waals surface area contributed by atoms with Crippen LogP contribution < -0.4 is 5.32 Å². The monoisotopic (exact) mass is 482 g/mol. The number of hydrogen-bond donors (Lipinski definition) is 1. The molecule has 0 bridgehead atoms. The number of nitrogens with one attached hydrogen (secondary N) is 1.